The van der Waals surface area contributed by atoms with Crippen LogP contribution in [-0.4, -0.2) is 26.0 Å². The number of fused-ring (bicyclic) bond motifs is 2. The molecular weight excluding hydrogens is 383 g/mol. The van der Waals surface area contributed by atoms with E-state index in [0.29, 0.717) is 22.2 Å². The van der Waals surface area contributed by atoms with Crippen molar-refractivity contribution in [3.05, 3.63) is 76.7 Å². The fourth-order valence-electron chi connectivity index (χ4n) is 2.93. The molecule has 0 fully saturated rings. The second-order valence-electron chi connectivity index (χ2n) is 6.11. The van der Waals surface area contributed by atoms with Gasteiger partial charge in [0.15, 0.2) is 17.1 Å². The largest absolute Gasteiger partial charge is 0.454 e. The van der Waals surface area contributed by atoms with Crippen LogP contribution in [0.25, 0.3) is 5.65 Å². The summed E-state index contributed by atoms with van der Waals surface area (Å²) < 4.78 is 26.6. The molecule has 0 saturated heterocycles. The monoisotopic (exact) mass is 396 g/mol. The molecule has 0 atom stereocenters. The molecule has 0 bridgehead atoms. The molecule has 4 aromatic rings. The maximum Gasteiger partial charge on any atom is 0.350 e. The molecule has 7 nitrogen and oxygen atoms in total. The van der Waals surface area contributed by atoms with Gasteiger partial charge in [0.05, 0.1) is 6.54 Å². The first-order chi connectivity index (χ1) is 13.7. The number of halogens is 1. The predicted molar refractivity (Wildman–Crippen MR) is 99.4 cm³/mol. The highest BCUT2D eigenvalue weighted by Gasteiger charge is 2.16. The summed E-state index contributed by atoms with van der Waals surface area (Å²) in [7, 11) is 0. The normalized spacial score (nSPS) is 12.6. The molecule has 9 heteroatoms. The van der Waals surface area contributed by atoms with Crippen molar-refractivity contribution in [3.63, 3.8) is 0 Å². The van der Waals surface area contributed by atoms with E-state index in [4.69, 9.17) is 9.47 Å². The van der Waals surface area contributed by atoms with E-state index in [9.17, 15) is 9.18 Å². The van der Waals surface area contributed by atoms with Crippen molar-refractivity contribution < 1.29 is 13.9 Å². The zero-order chi connectivity index (χ0) is 19.1. The van der Waals surface area contributed by atoms with Gasteiger partial charge in [0.25, 0.3) is 0 Å². The Hall–Kier alpha value is -3.33. The summed E-state index contributed by atoms with van der Waals surface area (Å²) in [5.74, 6) is 1.04. The Bertz CT molecular complexity index is 1240. The van der Waals surface area contributed by atoms with Crippen LogP contribution in [0.15, 0.2) is 69.6 Å². The lowest BCUT2D eigenvalue weighted by Crippen LogP contribution is -2.21. The van der Waals surface area contributed by atoms with Crippen molar-refractivity contribution in [1.82, 2.24) is 19.2 Å². The maximum absolute atomic E-state index is 13.1. The number of ether oxygens (including phenoxy) is 2. The predicted octanol–water partition coefficient (Wildman–Crippen LogP) is 2.96. The van der Waals surface area contributed by atoms with E-state index >= 15 is 0 Å². The molecule has 2 aromatic carbocycles. The van der Waals surface area contributed by atoms with Crippen LogP contribution in [0.4, 0.5) is 4.39 Å². The second kappa shape index (κ2) is 6.68. The second-order valence-corrected chi connectivity index (χ2v) is 7.17. The Morgan fingerprint density at radius 1 is 1.11 bits per heavy atom. The summed E-state index contributed by atoms with van der Waals surface area (Å²) in [6.07, 6.45) is 3.13. The average Bonchev–Trinajstić information content (AvgIpc) is 3.29. The van der Waals surface area contributed by atoms with Crippen molar-refractivity contribution in [3.8, 4) is 11.5 Å². The lowest BCUT2D eigenvalue weighted by Gasteiger charge is -2.02. The minimum absolute atomic E-state index is 0.197. The molecule has 0 amide bonds. The van der Waals surface area contributed by atoms with Crippen LogP contribution in [0.2, 0.25) is 0 Å². The van der Waals surface area contributed by atoms with Crippen molar-refractivity contribution >= 4 is 17.4 Å². The van der Waals surface area contributed by atoms with Crippen molar-refractivity contribution in [2.24, 2.45) is 0 Å². The number of benzene rings is 2. The average molecular weight is 396 g/mol. The number of nitrogens with zero attached hydrogens (tertiary/aromatic N) is 4. The van der Waals surface area contributed by atoms with Gasteiger partial charge < -0.3 is 9.47 Å². The molecule has 0 unspecified atom stereocenters. The van der Waals surface area contributed by atoms with Gasteiger partial charge in [-0.25, -0.2) is 23.3 Å². The van der Waals surface area contributed by atoms with E-state index in [0.717, 1.165) is 10.5 Å². The number of rotatable bonds is 4. The van der Waals surface area contributed by atoms with E-state index in [1.807, 2.05) is 18.2 Å². The molecule has 0 spiro atoms. The van der Waals surface area contributed by atoms with E-state index in [2.05, 4.69) is 10.1 Å². The molecule has 0 aliphatic carbocycles. The summed E-state index contributed by atoms with van der Waals surface area (Å²) in [4.78, 5) is 17.9. The SMILES string of the molecule is O=c1n(Cc2ccc3c(c2)OCO3)nc2c(Sc3ccc(F)cc3)nccn12. The fourth-order valence-corrected chi connectivity index (χ4v) is 3.77. The van der Waals surface area contributed by atoms with Crippen LogP contribution >= 0.6 is 11.8 Å². The zero-order valence-electron chi connectivity index (χ0n) is 14.4. The summed E-state index contributed by atoms with van der Waals surface area (Å²) in [5.41, 5.74) is 1.05. The minimum atomic E-state index is -0.306. The third kappa shape index (κ3) is 2.99. The van der Waals surface area contributed by atoms with Gasteiger partial charge in [0.1, 0.15) is 10.8 Å². The first-order valence-corrected chi connectivity index (χ1v) is 9.25. The zero-order valence-corrected chi connectivity index (χ0v) is 15.2. The lowest BCUT2D eigenvalue weighted by atomic mass is 10.2. The molecule has 0 saturated carbocycles. The lowest BCUT2D eigenvalue weighted by molar-refractivity contribution is 0.174. The minimum Gasteiger partial charge on any atom is -0.454 e. The Kier molecular flexibility index (Phi) is 4.01. The first kappa shape index (κ1) is 16.8. The van der Waals surface area contributed by atoms with Crippen molar-refractivity contribution in [2.75, 3.05) is 6.79 Å². The highest BCUT2D eigenvalue weighted by Crippen LogP contribution is 2.32. The third-order valence-corrected chi connectivity index (χ3v) is 5.26. The van der Waals surface area contributed by atoms with Gasteiger partial charge in [0, 0.05) is 17.3 Å². The Labute approximate surface area is 162 Å². The fraction of sp³-hybridized carbons (Fsp3) is 0.105. The van der Waals surface area contributed by atoms with Crippen LogP contribution < -0.4 is 15.2 Å². The topological polar surface area (TPSA) is 70.7 Å². The standard InChI is InChI=1S/C19H13FN4O3S/c20-13-2-4-14(5-3-13)28-18-17-22-24(19(25)23(17)8-7-21-18)10-12-1-6-15-16(9-12)27-11-26-15/h1-9H,10-11H2. The van der Waals surface area contributed by atoms with Crippen LogP contribution in [0.5, 0.6) is 11.5 Å². The molecule has 0 radical (unpaired) electrons. The quantitative estimate of drug-likeness (QED) is 0.528. The van der Waals surface area contributed by atoms with Gasteiger partial charge in [-0.15, -0.1) is 5.10 Å². The van der Waals surface area contributed by atoms with Gasteiger partial charge in [-0.3, -0.25) is 0 Å². The molecule has 28 heavy (non-hydrogen) atoms. The highest BCUT2D eigenvalue weighted by atomic mass is 32.2. The smallest absolute Gasteiger partial charge is 0.350 e. The summed E-state index contributed by atoms with van der Waals surface area (Å²) >= 11 is 1.32. The highest BCUT2D eigenvalue weighted by molar-refractivity contribution is 7.99. The molecule has 140 valence electrons. The molecule has 1 aliphatic rings. The molecular formula is C19H13FN4O3S. The summed E-state index contributed by atoms with van der Waals surface area (Å²) in [5, 5.41) is 5.02. The van der Waals surface area contributed by atoms with E-state index in [-0.39, 0.29) is 24.8 Å². The van der Waals surface area contributed by atoms with Gasteiger partial charge in [-0.1, -0.05) is 17.8 Å². The van der Waals surface area contributed by atoms with Gasteiger partial charge in [-0.2, -0.15) is 0 Å². The van der Waals surface area contributed by atoms with Gasteiger partial charge in [-0.05, 0) is 42.0 Å². The van der Waals surface area contributed by atoms with Crippen molar-refractivity contribution in [1.29, 1.82) is 0 Å². The number of hydrogen-bond donors (Lipinski definition) is 0. The van der Waals surface area contributed by atoms with E-state index < -0.39 is 0 Å². The van der Waals surface area contributed by atoms with Gasteiger partial charge >= 0.3 is 5.69 Å². The Balaban J connectivity index is 1.50. The molecule has 3 heterocycles. The van der Waals surface area contributed by atoms with Gasteiger partial charge in [0.2, 0.25) is 6.79 Å². The molecule has 1 aliphatic heterocycles. The van der Waals surface area contributed by atoms with Crippen molar-refractivity contribution in [2.45, 2.75) is 16.5 Å². The van der Waals surface area contributed by atoms with Crippen LogP contribution in [-0.2, 0) is 6.54 Å². The van der Waals surface area contributed by atoms with Crippen LogP contribution in [0, 0.1) is 5.82 Å². The van der Waals surface area contributed by atoms with Crippen LogP contribution in [0.1, 0.15) is 5.56 Å². The van der Waals surface area contributed by atoms with Crippen LogP contribution in [0.3, 0.4) is 0 Å². The third-order valence-electron chi connectivity index (χ3n) is 4.27. The van der Waals surface area contributed by atoms with E-state index in [1.54, 1.807) is 24.5 Å². The first-order valence-electron chi connectivity index (χ1n) is 8.43. The Morgan fingerprint density at radius 3 is 2.79 bits per heavy atom. The molecule has 5 rings (SSSR count). The number of aromatic nitrogens is 4. The summed E-state index contributed by atoms with van der Waals surface area (Å²) in [6.45, 7) is 0.487. The number of hydrogen-bond acceptors (Lipinski definition) is 6. The molecule has 2 aromatic heterocycles. The van der Waals surface area contributed by atoms with E-state index in [1.165, 1.54) is 33.0 Å². The summed E-state index contributed by atoms with van der Waals surface area (Å²) in [6, 6.07) is 11.6. The molecule has 0 N–H and O–H groups in total. The Morgan fingerprint density at radius 2 is 1.93 bits per heavy atom. The maximum atomic E-state index is 13.1.